The largest absolute Gasteiger partial charge is 0.317 e. The van der Waals surface area contributed by atoms with Crippen LogP contribution in [-0.4, -0.2) is 22.9 Å². The molecule has 0 radical (unpaired) electrons. The minimum Gasteiger partial charge on any atom is -0.317 e. The summed E-state index contributed by atoms with van der Waals surface area (Å²) < 4.78 is 3.26. The first-order chi connectivity index (χ1) is 7.66. The molecular formula is C12H22BrN3. The molecule has 3 nitrogen and oxygen atoms in total. The molecule has 0 bridgehead atoms. The van der Waals surface area contributed by atoms with E-state index in [1.54, 1.807) is 0 Å². The summed E-state index contributed by atoms with van der Waals surface area (Å²) in [5.41, 5.74) is 2.33. The fourth-order valence-electron chi connectivity index (χ4n) is 1.76. The Labute approximate surface area is 107 Å². The van der Waals surface area contributed by atoms with Gasteiger partial charge in [0.05, 0.1) is 10.2 Å². The monoisotopic (exact) mass is 287 g/mol. The zero-order chi connectivity index (χ0) is 12.0. The van der Waals surface area contributed by atoms with Crippen LogP contribution in [0.25, 0.3) is 0 Å². The van der Waals surface area contributed by atoms with Crippen molar-refractivity contribution < 1.29 is 0 Å². The van der Waals surface area contributed by atoms with Crippen LogP contribution in [-0.2, 0) is 6.54 Å². The van der Waals surface area contributed by atoms with Gasteiger partial charge in [-0.1, -0.05) is 13.3 Å². The first-order valence-electron chi connectivity index (χ1n) is 6.07. The molecule has 0 unspecified atom stereocenters. The van der Waals surface area contributed by atoms with Crippen molar-refractivity contribution in [3.63, 3.8) is 0 Å². The van der Waals surface area contributed by atoms with Gasteiger partial charge in [-0.2, -0.15) is 5.10 Å². The van der Waals surface area contributed by atoms with Crippen LogP contribution in [0.5, 0.6) is 0 Å². The second kappa shape index (κ2) is 7.07. The lowest BCUT2D eigenvalue weighted by atomic mass is 10.2. The van der Waals surface area contributed by atoms with Gasteiger partial charge in [0, 0.05) is 12.2 Å². The maximum absolute atomic E-state index is 4.50. The minimum absolute atomic E-state index is 1.03. The van der Waals surface area contributed by atoms with E-state index in [-0.39, 0.29) is 0 Å². The molecule has 0 saturated heterocycles. The zero-order valence-electron chi connectivity index (χ0n) is 10.5. The molecule has 16 heavy (non-hydrogen) atoms. The Morgan fingerprint density at radius 3 is 2.56 bits per heavy atom. The highest BCUT2D eigenvalue weighted by atomic mass is 79.9. The highest BCUT2D eigenvalue weighted by molar-refractivity contribution is 9.10. The Morgan fingerprint density at radius 1 is 1.25 bits per heavy atom. The van der Waals surface area contributed by atoms with Gasteiger partial charge in [0.2, 0.25) is 0 Å². The maximum atomic E-state index is 4.50. The van der Waals surface area contributed by atoms with Crippen LogP contribution in [0.1, 0.15) is 37.6 Å². The smallest absolute Gasteiger partial charge is 0.0738 e. The Hall–Kier alpha value is -0.350. The number of aromatic nitrogens is 2. The quantitative estimate of drug-likeness (QED) is 0.782. The Kier molecular flexibility index (Phi) is 6.06. The number of unbranched alkanes of at least 4 members (excludes halogenated alkanes) is 2. The summed E-state index contributed by atoms with van der Waals surface area (Å²) in [6.45, 7) is 9.54. The summed E-state index contributed by atoms with van der Waals surface area (Å²) in [5, 5.41) is 7.84. The molecule has 1 rings (SSSR count). The topological polar surface area (TPSA) is 29.9 Å². The molecule has 1 aromatic rings. The Balaban J connectivity index is 2.24. The maximum Gasteiger partial charge on any atom is 0.0738 e. The molecule has 0 spiro atoms. The molecule has 0 atom stereocenters. The van der Waals surface area contributed by atoms with Gasteiger partial charge in [-0.25, -0.2) is 0 Å². The summed E-state index contributed by atoms with van der Waals surface area (Å²) in [6, 6.07) is 0. The van der Waals surface area contributed by atoms with Crippen molar-refractivity contribution in [3.05, 3.63) is 15.9 Å². The summed E-state index contributed by atoms with van der Waals surface area (Å²) >= 11 is 3.55. The van der Waals surface area contributed by atoms with Crippen molar-refractivity contribution in [1.82, 2.24) is 15.1 Å². The van der Waals surface area contributed by atoms with E-state index in [1.165, 1.54) is 25.0 Å². The van der Waals surface area contributed by atoms with Gasteiger partial charge in [-0.3, -0.25) is 4.68 Å². The SMILES string of the molecule is CCNCCCCCn1nc(C)c(Br)c1C. The fourth-order valence-corrected chi connectivity index (χ4v) is 2.04. The van der Waals surface area contributed by atoms with Crippen LogP contribution in [0.2, 0.25) is 0 Å². The van der Waals surface area contributed by atoms with Gasteiger partial charge in [0.1, 0.15) is 0 Å². The van der Waals surface area contributed by atoms with Crippen molar-refractivity contribution in [1.29, 1.82) is 0 Å². The minimum atomic E-state index is 1.03. The molecule has 4 heteroatoms. The lowest BCUT2D eigenvalue weighted by Crippen LogP contribution is -2.14. The number of rotatable bonds is 7. The number of hydrogen-bond acceptors (Lipinski definition) is 2. The predicted molar refractivity (Wildman–Crippen MR) is 71.8 cm³/mol. The second-order valence-corrected chi connectivity index (χ2v) is 4.92. The highest BCUT2D eigenvalue weighted by Gasteiger charge is 2.07. The van der Waals surface area contributed by atoms with Gasteiger partial charge in [0.25, 0.3) is 0 Å². The van der Waals surface area contributed by atoms with Crippen molar-refractivity contribution in [2.45, 2.75) is 46.6 Å². The third-order valence-corrected chi connectivity index (χ3v) is 3.91. The van der Waals surface area contributed by atoms with Crippen molar-refractivity contribution in [2.24, 2.45) is 0 Å². The third-order valence-electron chi connectivity index (χ3n) is 2.77. The van der Waals surface area contributed by atoms with E-state index in [1.807, 2.05) is 6.92 Å². The van der Waals surface area contributed by atoms with Gasteiger partial charge in [0.15, 0.2) is 0 Å². The van der Waals surface area contributed by atoms with E-state index >= 15 is 0 Å². The highest BCUT2D eigenvalue weighted by Crippen LogP contribution is 2.20. The van der Waals surface area contributed by atoms with Crippen LogP contribution in [0, 0.1) is 13.8 Å². The van der Waals surface area contributed by atoms with Crippen LogP contribution >= 0.6 is 15.9 Å². The number of halogens is 1. The van der Waals surface area contributed by atoms with Crippen LogP contribution in [0.4, 0.5) is 0 Å². The van der Waals surface area contributed by atoms with Gasteiger partial charge < -0.3 is 5.32 Å². The molecule has 0 fully saturated rings. The number of nitrogens with zero attached hydrogens (tertiary/aromatic N) is 2. The van der Waals surface area contributed by atoms with E-state index in [0.717, 1.165) is 29.8 Å². The molecule has 1 aromatic heterocycles. The van der Waals surface area contributed by atoms with Gasteiger partial charge in [-0.05, 0) is 55.7 Å². The third kappa shape index (κ3) is 3.91. The number of nitrogens with one attached hydrogen (secondary N) is 1. The molecular weight excluding hydrogens is 266 g/mol. The molecule has 0 aliphatic carbocycles. The fraction of sp³-hybridized carbons (Fsp3) is 0.750. The molecule has 1 N–H and O–H groups in total. The van der Waals surface area contributed by atoms with E-state index in [2.05, 4.69) is 44.9 Å². The molecule has 1 heterocycles. The van der Waals surface area contributed by atoms with E-state index in [9.17, 15) is 0 Å². The predicted octanol–water partition coefficient (Wildman–Crippen LogP) is 3.04. The molecule has 0 saturated carbocycles. The zero-order valence-corrected chi connectivity index (χ0v) is 12.1. The first-order valence-corrected chi connectivity index (χ1v) is 6.86. The summed E-state index contributed by atoms with van der Waals surface area (Å²) in [4.78, 5) is 0. The number of hydrogen-bond donors (Lipinski definition) is 1. The summed E-state index contributed by atoms with van der Waals surface area (Å²) in [7, 11) is 0. The Bertz CT molecular complexity index is 320. The second-order valence-electron chi connectivity index (χ2n) is 4.12. The van der Waals surface area contributed by atoms with E-state index in [0.29, 0.717) is 0 Å². The van der Waals surface area contributed by atoms with Crippen LogP contribution in [0.15, 0.2) is 4.47 Å². The lowest BCUT2D eigenvalue weighted by Gasteiger charge is -2.04. The standard InChI is InChI=1S/C12H22BrN3/c1-4-14-8-6-5-7-9-16-11(3)12(13)10(2)15-16/h14H,4-9H2,1-3H3. The molecule has 0 aliphatic heterocycles. The van der Waals surface area contributed by atoms with E-state index in [4.69, 9.17) is 0 Å². The normalized spacial score (nSPS) is 11.0. The first kappa shape index (κ1) is 13.7. The van der Waals surface area contributed by atoms with Gasteiger partial charge in [-0.15, -0.1) is 0 Å². The molecule has 0 aromatic carbocycles. The summed E-state index contributed by atoms with van der Waals surface area (Å²) in [5.74, 6) is 0. The molecule has 92 valence electrons. The van der Waals surface area contributed by atoms with Crippen LogP contribution < -0.4 is 5.32 Å². The number of aryl methyl sites for hydroxylation is 2. The summed E-state index contributed by atoms with van der Waals surface area (Å²) in [6.07, 6.45) is 3.73. The van der Waals surface area contributed by atoms with Gasteiger partial charge >= 0.3 is 0 Å². The lowest BCUT2D eigenvalue weighted by molar-refractivity contribution is 0.522. The average Bonchev–Trinajstić information content (AvgIpc) is 2.51. The van der Waals surface area contributed by atoms with Crippen molar-refractivity contribution in [2.75, 3.05) is 13.1 Å². The van der Waals surface area contributed by atoms with Crippen LogP contribution in [0.3, 0.4) is 0 Å². The molecule has 0 amide bonds. The van der Waals surface area contributed by atoms with Crippen molar-refractivity contribution >= 4 is 15.9 Å². The van der Waals surface area contributed by atoms with E-state index < -0.39 is 0 Å². The Morgan fingerprint density at radius 2 is 2.00 bits per heavy atom. The van der Waals surface area contributed by atoms with Crippen molar-refractivity contribution in [3.8, 4) is 0 Å². The average molecular weight is 288 g/mol. The molecule has 0 aliphatic rings.